The number of rotatable bonds is 4. The Morgan fingerprint density at radius 3 is 2.06 bits per heavy atom. The molecule has 2 aliphatic rings. The number of para-hydroxylation sites is 4. The van der Waals surface area contributed by atoms with Crippen LogP contribution in [0.2, 0.25) is 0 Å². The number of aromatic nitrogens is 1. The minimum Gasteiger partial charge on any atom is -0.311 e. The van der Waals surface area contributed by atoms with Gasteiger partial charge in [-0.05, 0) is 82.8 Å². The molecule has 2 nitrogen and oxygen atoms in total. The van der Waals surface area contributed by atoms with Crippen molar-refractivity contribution in [2.24, 2.45) is 0 Å². The summed E-state index contributed by atoms with van der Waals surface area (Å²) in [5.41, 5.74) is 12.9. The largest absolute Gasteiger partial charge is 0.311 e. The summed E-state index contributed by atoms with van der Waals surface area (Å²) in [4.78, 5) is 2.53. The fourth-order valence-electron chi connectivity index (χ4n) is 8.80. The summed E-state index contributed by atoms with van der Waals surface area (Å²) in [5, 5.41) is 6.58. The van der Waals surface area contributed by atoms with E-state index in [0.29, 0.717) is 0 Å². The minimum absolute atomic E-state index is 0.199. The lowest BCUT2D eigenvalue weighted by atomic mass is 9.83. The molecule has 2 aromatic heterocycles. The second-order valence-electron chi connectivity index (χ2n) is 13.6. The Balaban J connectivity index is 1.26. The van der Waals surface area contributed by atoms with Crippen molar-refractivity contribution < 1.29 is 0 Å². The number of fused-ring (bicyclic) bond motifs is 9. The van der Waals surface area contributed by atoms with Crippen LogP contribution in [0.1, 0.15) is 23.5 Å². The van der Waals surface area contributed by atoms with E-state index < -0.39 is 0 Å². The molecule has 240 valence electrons. The van der Waals surface area contributed by atoms with E-state index >= 15 is 0 Å². The molecule has 0 radical (unpaired) electrons. The van der Waals surface area contributed by atoms with E-state index in [1.54, 1.807) is 0 Å². The highest BCUT2D eigenvalue weighted by Crippen LogP contribution is 2.52. The average molecular weight is 669 g/mol. The van der Waals surface area contributed by atoms with E-state index in [0.717, 1.165) is 6.42 Å². The molecule has 0 saturated carbocycles. The summed E-state index contributed by atoms with van der Waals surface area (Å²) in [5.74, 6) is 0.199. The maximum atomic E-state index is 2.53. The van der Waals surface area contributed by atoms with Gasteiger partial charge in [-0.1, -0.05) is 127 Å². The Bertz CT molecular complexity index is 2950. The van der Waals surface area contributed by atoms with Gasteiger partial charge in [0, 0.05) is 53.8 Å². The van der Waals surface area contributed by atoms with E-state index in [2.05, 4.69) is 185 Å². The van der Waals surface area contributed by atoms with Crippen molar-refractivity contribution in [3.8, 4) is 16.8 Å². The van der Waals surface area contributed by atoms with Crippen LogP contribution in [0.5, 0.6) is 0 Å². The topological polar surface area (TPSA) is 8.17 Å². The van der Waals surface area contributed by atoms with Gasteiger partial charge >= 0.3 is 0 Å². The van der Waals surface area contributed by atoms with Gasteiger partial charge in [0.15, 0.2) is 0 Å². The molecule has 3 heteroatoms. The van der Waals surface area contributed by atoms with Gasteiger partial charge in [0.1, 0.15) is 0 Å². The Morgan fingerprint density at radius 1 is 0.529 bits per heavy atom. The molecule has 3 heterocycles. The van der Waals surface area contributed by atoms with Crippen LogP contribution in [0.15, 0.2) is 176 Å². The van der Waals surface area contributed by atoms with Gasteiger partial charge in [0.25, 0.3) is 0 Å². The van der Waals surface area contributed by atoms with Crippen molar-refractivity contribution in [3.63, 3.8) is 0 Å². The molecular weight excluding hydrogens is 637 g/mol. The van der Waals surface area contributed by atoms with Crippen LogP contribution in [0.25, 0.3) is 59.2 Å². The molecule has 0 saturated heterocycles. The Hall–Kier alpha value is -6.16. The molecular formula is C48H32N2S. The number of nitrogens with zero attached hydrogens (tertiary/aromatic N) is 2. The highest BCUT2D eigenvalue weighted by molar-refractivity contribution is 7.26. The molecule has 11 rings (SSSR count). The zero-order chi connectivity index (χ0) is 33.5. The van der Waals surface area contributed by atoms with Gasteiger partial charge in [-0.15, -0.1) is 11.3 Å². The molecule has 1 aliphatic heterocycles. The van der Waals surface area contributed by atoms with Crippen LogP contribution in [0, 0.1) is 0 Å². The van der Waals surface area contributed by atoms with Crippen LogP contribution in [0.4, 0.5) is 11.4 Å². The first-order chi connectivity index (χ1) is 25.3. The highest BCUT2D eigenvalue weighted by atomic mass is 32.1. The molecule has 0 spiro atoms. The molecule has 7 aromatic carbocycles. The predicted molar refractivity (Wildman–Crippen MR) is 216 cm³/mol. The van der Waals surface area contributed by atoms with Crippen LogP contribution >= 0.6 is 11.3 Å². The van der Waals surface area contributed by atoms with Gasteiger partial charge < -0.3 is 9.47 Å². The SMILES string of the molecule is c1ccc(N2C3=c4c(c5ccccc5n4-c4ccccc4)=C(c4cccc(-c5cccc6c5sc5ccccc56)c4)CC3c3ccccc32)cc1. The Labute approximate surface area is 300 Å². The van der Waals surface area contributed by atoms with Gasteiger partial charge in [-0.25, -0.2) is 0 Å². The van der Waals surface area contributed by atoms with E-state index in [1.807, 2.05) is 11.3 Å². The molecule has 9 aromatic rings. The second kappa shape index (κ2) is 11.2. The van der Waals surface area contributed by atoms with Crippen molar-refractivity contribution in [2.45, 2.75) is 12.3 Å². The number of hydrogen-bond acceptors (Lipinski definition) is 2. The number of thiophene rings is 1. The van der Waals surface area contributed by atoms with Gasteiger partial charge in [-0.2, -0.15) is 0 Å². The first kappa shape index (κ1) is 28.7. The standard InChI is InChI=1S/C48H32N2S/c1-3-17-33(18-4-1)49-42-26-10-7-21-36(42)41-30-40(45-39-23-8-11-27-43(39)50(47(45)46(41)49)34-19-5-2-6-20-34)32-16-13-15-31(29-32)35-24-14-25-38-37-22-9-12-28-44(37)51-48(35)38/h1-29,41H,30H2. The predicted octanol–water partition coefficient (Wildman–Crippen LogP) is 11.3. The van der Waals surface area contributed by atoms with E-state index in [-0.39, 0.29) is 5.92 Å². The Kier molecular flexibility index (Phi) is 6.28. The fraction of sp³-hybridized carbons (Fsp3) is 0.0417. The summed E-state index contributed by atoms with van der Waals surface area (Å²) in [7, 11) is 0. The van der Waals surface area contributed by atoms with Crippen LogP contribution in [0.3, 0.4) is 0 Å². The van der Waals surface area contributed by atoms with Crippen molar-refractivity contribution in [1.82, 2.24) is 4.57 Å². The lowest BCUT2D eigenvalue weighted by Gasteiger charge is -2.27. The number of anilines is 2. The van der Waals surface area contributed by atoms with Crippen molar-refractivity contribution in [1.29, 1.82) is 0 Å². The molecule has 51 heavy (non-hydrogen) atoms. The van der Waals surface area contributed by atoms with Gasteiger partial charge in [0.05, 0.1) is 16.6 Å². The second-order valence-corrected chi connectivity index (χ2v) is 14.7. The third kappa shape index (κ3) is 4.22. The van der Waals surface area contributed by atoms with Crippen LogP contribution in [-0.4, -0.2) is 4.57 Å². The third-order valence-corrected chi connectivity index (χ3v) is 12.1. The van der Waals surface area contributed by atoms with E-state index in [4.69, 9.17) is 0 Å². The zero-order valence-corrected chi connectivity index (χ0v) is 28.6. The summed E-state index contributed by atoms with van der Waals surface area (Å²) in [6.07, 6.45) is 0.919. The number of benzene rings is 7. The van der Waals surface area contributed by atoms with Crippen LogP contribution < -0.4 is 15.5 Å². The number of hydrogen-bond donors (Lipinski definition) is 0. The summed E-state index contributed by atoms with van der Waals surface area (Å²) < 4.78 is 5.21. The first-order valence-electron chi connectivity index (χ1n) is 17.7. The first-order valence-corrected chi connectivity index (χ1v) is 18.5. The molecule has 1 atom stereocenters. The van der Waals surface area contributed by atoms with E-state index in [9.17, 15) is 0 Å². The minimum atomic E-state index is 0.199. The maximum absolute atomic E-state index is 2.53. The van der Waals surface area contributed by atoms with Gasteiger partial charge in [-0.3, -0.25) is 0 Å². The molecule has 1 unspecified atom stereocenters. The normalized spacial score (nSPS) is 15.1. The molecule has 0 fully saturated rings. The maximum Gasteiger partial charge on any atom is 0.0749 e. The van der Waals surface area contributed by atoms with Crippen molar-refractivity contribution >= 4 is 65.1 Å². The summed E-state index contributed by atoms with van der Waals surface area (Å²) >= 11 is 1.90. The fourth-order valence-corrected chi connectivity index (χ4v) is 10.0. The zero-order valence-electron chi connectivity index (χ0n) is 27.8. The lowest BCUT2D eigenvalue weighted by molar-refractivity contribution is 0.870. The van der Waals surface area contributed by atoms with Gasteiger partial charge in [0.2, 0.25) is 0 Å². The quantitative estimate of drug-likeness (QED) is 0.181. The molecule has 0 bridgehead atoms. The third-order valence-electron chi connectivity index (χ3n) is 10.9. The van der Waals surface area contributed by atoms with Crippen molar-refractivity contribution in [3.05, 3.63) is 198 Å². The molecule has 0 N–H and O–H groups in total. The molecule has 1 aliphatic carbocycles. The Morgan fingerprint density at radius 2 is 1.20 bits per heavy atom. The van der Waals surface area contributed by atoms with Crippen LogP contribution in [-0.2, 0) is 0 Å². The lowest BCUT2D eigenvalue weighted by Crippen LogP contribution is -2.40. The average Bonchev–Trinajstić information content (AvgIpc) is 3.86. The monoisotopic (exact) mass is 668 g/mol. The van der Waals surface area contributed by atoms with Crippen molar-refractivity contribution in [2.75, 3.05) is 4.90 Å². The summed E-state index contributed by atoms with van der Waals surface area (Å²) in [6, 6.07) is 64.8. The molecule has 0 amide bonds. The summed E-state index contributed by atoms with van der Waals surface area (Å²) in [6.45, 7) is 0. The highest BCUT2D eigenvalue weighted by Gasteiger charge is 2.39. The smallest absolute Gasteiger partial charge is 0.0749 e. The van der Waals surface area contributed by atoms with E-state index in [1.165, 1.54) is 92.2 Å².